The highest BCUT2D eigenvalue weighted by Gasteiger charge is 2.52. The van der Waals surface area contributed by atoms with Gasteiger partial charge in [0, 0.05) is 5.02 Å². The number of benzene rings is 1. The van der Waals surface area contributed by atoms with Gasteiger partial charge in [0.25, 0.3) is 0 Å². The molecule has 1 aliphatic heterocycles. The first-order chi connectivity index (χ1) is 9.35. The molecule has 0 aromatic heterocycles. The summed E-state index contributed by atoms with van der Waals surface area (Å²) in [6.07, 6.45) is 0. The molecule has 1 fully saturated rings. The fraction of sp³-hybridized carbons (Fsp3) is 0.647. The Bertz CT molecular complexity index is 543. The molecule has 0 radical (unpaired) electrons. The molecule has 1 aromatic carbocycles. The SMILES string of the molecule is Cc1cc(C(C)(C)C)c(Cl)cc1B1OC(C)(C)C(C)(C)O1. The zero-order chi connectivity index (χ0) is 16.2. The summed E-state index contributed by atoms with van der Waals surface area (Å²) in [5.74, 6) is 0. The third kappa shape index (κ3) is 3.01. The van der Waals surface area contributed by atoms with Crippen LogP contribution in [0.1, 0.15) is 59.6 Å². The first-order valence-corrected chi connectivity index (χ1v) is 7.89. The summed E-state index contributed by atoms with van der Waals surface area (Å²) >= 11 is 6.50. The van der Waals surface area contributed by atoms with Gasteiger partial charge in [-0.25, -0.2) is 0 Å². The van der Waals surface area contributed by atoms with Gasteiger partial charge >= 0.3 is 7.12 Å². The normalized spacial score (nSPS) is 20.9. The largest absolute Gasteiger partial charge is 0.495 e. The first kappa shape index (κ1) is 16.9. The smallest absolute Gasteiger partial charge is 0.399 e. The second kappa shape index (κ2) is 5.01. The molecular weight excluding hydrogens is 282 g/mol. The van der Waals surface area contributed by atoms with Crippen LogP contribution in [0.2, 0.25) is 5.02 Å². The molecule has 21 heavy (non-hydrogen) atoms. The van der Waals surface area contributed by atoms with Gasteiger partial charge in [-0.3, -0.25) is 0 Å². The second-order valence-corrected chi connectivity index (χ2v) is 8.43. The van der Waals surface area contributed by atoms with Crippen LogP contribution in [-0.4, -0.2) is 18.3 Å². The lowest BCUT2D eigenvalue weighted by atomic mass is 9.74. The van der Waals surface area contributed by atoms with Gasteiger partial charge in [-0.1, -0.05) is 44.0 Å². The molecule has 1 heterocycles. The predicted molar refractivity (Wildman–Crippen MR) is 90.6 cm³/mol. The molecule has 0 N–H and O–H groups in total. The van der Waals surface area contributed by atoms with Crippen molar-refractivity contribution in [1.29, 1.82) is 0 Å². The van der Waals surface area contributed by atoms with E-state index in [1.54, 1.807) is 0 Å². The van der Waals surface area contributed by atoms with Gasteiger partial charge in [0.1, 0.15) is 0 Å². The Morgan fingerprint density at radius 2 is 1.48 bits per heavy atom. The van der Waals surface area contributed by atoms with E-state index in [0.29, 0.717) is 0 Å². The van der Waals surface area contributed by atoms with Crippen molar-refractivity contribution < 1.29 is 9.31 Å². The summed E-state index contributed by atoms with van der Waals surface area (Å²) in [6.45, 7) is 16.8. The van der Waals surface area contributed by atoms with Crippen LogP contribution in [0.3, 0.4) is 0 Å². The van der Waals surface area contributed by atoms with E-state index in [2.05, 4.69) is 61.5 Å². The number of halogens is 1. The molecular formula is C17H26BClO2. The monoisotopic (exact) mass is 308 g/mol. The van der Waals surface area contributed by atoms with Crippen molar-refractivity contribution in [2.45, 2.75) is 72.0 Å². The third-order valence-electron chi connectivity index (χ3n) is 4.67. The lowest BCUT2D eigenvalue weighted by Gasteiger charge is -2.32. The van der Waals surface area contributed by atoms with E-state index in [1.165, 1.54) is 0 Å². The molecule has 0 bridgehead atoms. The van der Waals surface area contributed by atoms with Gasteiger partial charge in [-0.2, -0.15) is 0 Å². The maximum absolute atomic E-state index is 6.50. The number of aryl methyl sites for hydroxylation is 1. The number of rotatable bonds is 1. The van der Waals surface area contributed by atoms with Crippen molar-refractivity contribution in [2.24, 2.45) is 0 Å². The van der Waals surface area contributed by atoms with Crippen molar-refractivity contribution in [2.75, 3.05) is 0 Å². The van der Waals surface area contributed by atoms with Gasteiger partial charge in [0.15, 0.2) is 0 Å². The molecule has 0 spiro atoms. The average Bonchev–Trinajstić information content (AvgIpc) is 2.49. The minimum atomic E-state index is -0.360. The zero-order valence-electron chi connectivity index (χ0n) is 14.4. The molecule has 0 amide bonds. The lowest BCUT2D eigenvalue weighted by molar-refractivity contribution is 0.00578. The van der Waals surface area contributed by atoms with Crippen molar-refractivity contribution in [3.63, 3.8) is 0 Å². The molecule has 2 nitrogen and oxygen atoms in total. The quantitative estimate of drug-likeness (QED) is 0.722. The van der Waals surface area contributed by atoms with Crippen LogP contribution >= 0.6 is 11.6 Å². The molecule has 0 unspecified atom stereocenters. The fourth-order valence-electron chi connectivity index (χ4n) is 2.50. The highest BCUT2D eigenvalue weighted by molar-refractivity contribution is 6.63. The lowest BCUT2D eigenvalue weighted by Crippen LogP contribution is -2.41. The minimum absolute atomic E-state index is 0.0241. The van der Waals surface area contributed by atoms with E-state index in [0.717, 1.165) is 21.6 Å². The van der Waals surface area contributed by atoms with Crippen molar-refractivity contribution >= 4 is 24.2 Å². The minimum Gasteiger partial charge on any atom is -0.399 e. The number of hydrogen-bond acceptors (Lipinski definition) is 2. The van der Waals surface area contributed by atoms with E-state index < -0.39 is 0 Å². The predicted octanol–water partition coefficient (Wildman–Crippen LogP) is 4.25. The zero-order valence-corrected chi connectivity index (χ0v) is 15.2. The summed E-state index contributed by atoms with van der Waals surface area (Å²) in [5, 5.41) is 0.776. The Labute approximate surface area is 134 Å². The van der Waals surface area contributed by atoms with Gasteiger partial charge in [-0.15, -0.1) is 0 Å². The Balaban J connectivity index is 2.42. The fourth-order valence-corrected chi connectivity index (χ4v) is 2.95. The van der Waals surface area contributed by atoms with Crippen LogP contribution in [0.25, 0.3) is 0 Å². The maximum atomic E-state index is 6.50. The molecule has 0 atom stereocenters. The average molecular weight is 309 g/mol. The maximum Gasteiger partial charge on any atom is 0.495 e. The van der Waals surface area contributed by atoms with Gasteiger partial charge in [0.2, 0.25) is 0 Å². The molecule has 2 rings (SSSR count). The van der Waals surface area contributed by atoms with Gasteiger partial charge in [-0.05, 0) is 57.1 Å². The van der Waals surface area contributed by atoms with Crippen molar-refractivity contribution in [3.8, 4) is 0 Å². The van der Waals surface area contributed by atoms with Crippen LogP contribution in [0.4, 0.5) is 0 Å². The van der Waals surface area contributed by atoms with Crippen molar-refractivity contribution in [1.82, 2.24) is 0 Å². The Morgan fingerprint density at radius 3 is 1.90 bits per heavy atom. The molecule has 0 saturated carbocycles. The van der Waals surface area contributed by atoms with E-state index in [9.17, 15) is 0 Å². The van der Waals surface area contributed by atoms with E-state index in [1.807, 2.05) is 6.07 Å². The van der Waals surface area contributed by atoms with Gasteiger partial charge in [0.05, 0.1) is 11.2 Å². The first-order valence-electron chi connectivity index (χ1n) is 7.51. The molecule has 1 aromatic rings. The summed E-state index contributed by atoms with van der Waals surface area (Å²) in [7, 11) is -0.360. The molecule has 1 aliphatic rings. The van der Waals surface area contributed by atoms with Crippen molar-refractivity contribution in [3.05, 3.63) is 28.3 Å². The van der Waals surface area contributed by atoms with E-state index >= 15 is 0 Å². The topological polar surface area (TPSA) is 18.5 Å². The van der Waals surface area contributed by atoms with Crippen LogP contribution in [0.5, 0.6) is 0 Å². The van der Waals surface area contributed by atoms with E-state index in [-0.39, 0.29) is 23.7 Å². The van der Waals surface area contributed by atoms with Crippen LogP contribution in [0.15, 0.2) is 12.1 Å². The number of hydrogen-bond donors (Lipinski definition) is 0. The second-order valence-electron chi connectivity index (χ2n) is 8.03. The van der Waals surface area contributed by atoms with E-state index in [4.69, 9.17) is 20.9 Å². The molecule has 0 aliphatic carbocycles. The third-order valence-corrected chi connectivity index (χ3v) is 4.98. The molecule has 4 heteroatoms. The summed E-state index contributed by atoms with van der Waals surface area (Å²) in [6, 6.07) is 4.16. The Morgan fingerprint density at radius 1 is 1.00 bits per heavy atom. The summed E-state index contributed by atoms with van der Waals surface area (Å²) in [5.41, 5.74) is 2.69. The highest BCUT2D eigenvalue weighted by Crippen LogP contribution is 2.37. The standard InChI is InChI=1S/C17H26BClO2/c1-11-9-12(15(2,3)4)14(19)10-13(11)18-20-16(5,6)17(7,8)21-18/h9-10H,1-8H3. The van der Waals surface area contributed by atoms with Gasteiger partial charge < -0.3 is 9.31 Å². The van der Waals surface area contributed by atoms with Crippen LogP contribution in [0, 0.1) is 6.92 Å². The Kier molecular flexibility index (Phi) is 4.02. The van der Waals surface area contributed by atoms with Crippen LogP contribution < -0.4 is 5.46 Å². The summed E-state index contributed by atoms with van der Waals surface area (Å²) in [4.78, 5) is 0. The summed E-state index contributed by atoms with van der Waals surface area (Å²) < 4.78 is 12.3. The Hall–Kier alpha value is -0.505. The molecule has 116 valence electrons. The highest BCUT2D eigenvalue weighted by atomic mass is 35.5. The molecule has 1 saturated heterocycles. The van der Waals surface area contributed by atoms with Crippen LogP contribution in [-0.2, 0) is 14.7 Å².